The van der Waals surface area contributed by atoms with Crippen LogP contribution in [-0.4, -0.2) is 16.8 Å². The van der Waals surface area contributed by atoms with Crippen LogP contribution in [0.1, 0.15) is 5.56 Å². The summed E-state index contributed by atoms with van der Waals surface area (Å²) in [5.41, 5.74) is 9.68. The predicted octanol–water partition coefficient (Wildman–Crippen LogP) is 2.59. The average molecular weight is 353 g/mol. The number of hydrogen-bond acceptors (Lipinski definition) is 5. The molecule has 1 unspecified atom stereocenters. The fourth-order valence-electron chi connectivity index (χ4n) is 1.82. The van der Waals surface area contributed by atoms with Crippen molar-refractivity contribution in [2.45, 2.75) is 17.4 Å². The maximum Gasteiger partial charge on any atom is 0.123 e. The highest BCUT2D eigenvalue weighted by Crippen LogP contribution is 2.27. The molecule has 0 spiro atoms. The molecule has 0 saturated heterocycles. The van der Waals surface area contributed by atoms with Crippen molar-refractivity contribution in [2.24, 2.45) is 5.84 Å². The number of aromatic nitrogens is 1. The van der Waals surface area contributed by atoms with Gasteiger partial charge in [0.1, 0.15) is 5.82 Å². The minimum absolute atomic E-state index is 0.175. The molecule has 1 atom stereocenters. The topological polar surface area (TPSA) is 77.0 Å². The van der Waals surface area contributed by atoms with E-state index in [4.69, 9.17) is 11.6 Å². The van der Waals surface area contributed by atoms with E-state index in [2.05, 4.69) is 32.4 Å². The largest absolute Gasteiger partial charge is 0.384 e. The Balaban J connectivity index is 1.94. The van der Waals surface area contributed by atoms with Gasteiger partial charge in [0.25, 0.3) is 0 Å². The van der Waals surface area contributed by atoms with Crippen LogP contribution in [0.2, 0.25) is 0 Å². The molecule has 106 valence electrons. The molecule has 0 aliphatic carbocycles. The third kappa shape index (κ3) is 4.49. The van der Waals surface area contributed by atoms with Gasteiger partial charge in [-0.25, -0.2) is 4.98 Å². The fraction of sp³-hybridized carbons (Fsp3) is 0.214. The third-order valence-electron chi connectivity index (χ3n) is 2.84. The van der Waals surface area contributed by atoms with Crippen molar-refractivity contribution in [2.75, 3.05) is 11.5 Å². The first kappa shape index (κ1) is 15.3. The van der Waals surface area contributed by atoms with Crippen LogP contribution < -0.4 is 17.0 Å². The number of nitrogen functional groups attached to an aromatic ring is 1. The van der Waals surface area contributed by atoms with Crippen molar-refractivity contribution in [3.05, 3.63) is 52.6 Å². The molecule has 0 amide bonds. The summed E-state index contributed by atoms with van der Waals surface area (Å²) in [6.45, 7) is 0. The second-order valence-electron chi connectivity index (χ2n) is 4.40. The molecule has 0 radical (unpaired) electrons. The molecule has 5 N–H and O–H groups in total. The maximum atomic E-state index is 5.69. The van der Waals surface area contributed by atoms with Crippen LogP contribution in [0.4, 0.5) is 5.82 Å². The minimum Gasteiger partial charge on any atom is -0.384 e. The molecule has 0 aliphatic rings. The zero-order valence-electron chi connectivity index (χ0n) is 10.9. The number of thioether (sulfide) groups is 1. The van der Waals surface area contributed by atoms with Gasteiger partial charge in [-0.1, -0.05) is 12.1 Å². The van der Waals surface area contributed by atoms with Crippen molar-refractivity contribution in [3.63, 3.8) is 0 Å². The molecule has 1 heterocycles. The molecule has 2 rings (SSSR count). The van der Waals surface area contributed by atoms with Crippen molar-refractivity contribution in [3.8, 4) is 0 Å². The first-order valence-corrected chi connectivity index (χ1v) is 8.00. The Morgan fingerprint density at radius 3 is 2.80 bits per heavy atom. The second kappa shape index (κ2) is 7.64. The Morgan fingerprint density at radius 2 is 2.10 bits per heavy atom. The first-order valence-electron chi connectivity index (χ1n) is 6.23. The lowest BCUT2D eigenvalue weighted by molar-refractivity contribution is 0.575. The van der Waals surface area contributed by atoms with Gasteiger partial charge in [-0.3, -0.25) is 11.3 Å². The van der Waals surface area contributed by atoms with E-state index < -0.39 is 0 Å². The molecular formula is C14H17BrN4S. The fourth-order valence-corrected chi connectivity index (χ4v) is 3.43. The highest BCUT2D eigenvalue weighted by molar-refractivity contribution is 9.10. The summed E-state index contributed by atoms with van der Waals surface area (Å²) in [6, 6.07) is 12.2. The van der Waals surface area contributed by atoms with Crippen molar-refractivity contribution < 1.29 is 0 Å². The number of nitrogens with one attached hydrogen (secondary N) is 1. The van der Waals surface area contributed by atoms with E-state index in [-0.39, 0.29) is 6.04 Å². The van der Waals surface area contributed by atoms with Crippen molar-refractivity contribution in [1.29, 1.82) is 0 Å². The Morgan fingerprint density at radius 1 is 1.30 bits per heavy atom. The molecule has 6 heteroatoms. The molecule has 0 aliphatic heterocycles. The Kier molecular flexibility index (Phi) is 5.85. The molecule has 1 aromatic carbocycles. The van der Waals surface area contributed by atoms with Crippen molar-refractivity contribution in [1.82, 2.24) is 10.4 Å². The smallest absolute Gasteiger partial charge is 0.123 e. The summed E-state index contributed by atoms with van der Waals surface area (Å²) < 4.78 is 1.11. The highest BCUT2D eigenvalue weighted by Gasteiger charge is 2.10. The number of hydrazine groups is 1. The molecule has 2 aromatic rings. The lowest BCUT2D eigenvalue weighted by atomic mass is 10.1. The average Bonchev–Trinajstić information content (AvgIpc) is 2.45. The van der Waals surface area contributed by atoms with E-state index in [1.807, 2.05) is 30.3 Å². The Labute approximate surface area is 131 Å². The Hall–Kier alpha value is -1.08. The molecule has 4 nitrogen and oxygen atoms in total. The van der Waals surface area contributed by atoms with E-state index in [1.54, 1.807) is 18.0 Å². The van der Waals surface area contributed by atoms with E-state index in [9.17, 15) is 0 Å². The van der Waals surface area contributed by atoms with Gasteiger partial charge >= 0.3 is 0 Å². The lowest BCUT2D eigenvalue weighted by Gasteiger charge is -2.16. The van der Waals surface area contributed by atoms with Gasteiger partial charge in [-0.15, -0.1) is 11.8 Å². The molecule has 20 heavy (non-hydrogen) atoms. The maximum absolute atomic E-state index is 5.69. The summed E-state index contributed by atoms with van der Waals surface area (Å²) in [6.07, 6.45) is 2.54. The summed E-state index contributed by atoms with van der Waals surface area (Å²) in [5, 5.41) is 0. The van der Waals surface area contributed by atoms with Crippen LogP contribution in [0, 0.1) is 0 Å². The molecular weight excluding hydrogens is 336 g/mol. The number of rotatable bonds is 6. The summed E-state index contributed by atoms with van der Waals surface area (Å²) in [7, 11) is 0. The molecule has 0 saturated carbocycles. The molecule has 0 bridgehead atoms. The number of hydrogen-bond donors (Lipinski definition) is 3. The van der Waals surface area contributed by atoms with Gasteiger partial charge in [0.15, 0.2) is 0 Å². The number of nitrogens with two attached hydrogens (primary N) is 2. The SMILES string of the molecule is NNC(CSc1ccccc1Br)Cc1ccnc(N)c1. The number of halogens is 1. The number of anilines is 1. The van der Waals surface area contributed by atoms with Gasteiger partial charge in [-0.2, -0.15) is 0 Å². The Bertz CT molecular complexity index is 564. The van der Waals surface area contributed by atoms with Gasteiger partial charge < -0.3 is 5.73 Å². The third-order valence-corrected chi connectivity index (χ3v) is 5.03. The van der Waals surface area contributed by atoms with Crippen LogP contribution >= 0.6 is 27.7 Å². The standard InChI is InChI=1S/C14H17BrN4S/c15-12-3-1-2-4-13(12)20-9-11(19-17)7-10-5-6-18-14(16)8-10/h1-6,8,11,19H,7,9,17H2,(H2,16,18). The van der Waals surface area contributed by atoms with Crippen LogP contribution in [0.3, 0.4) is 0 Å². The number of pyridine rings is 1. The highest BCUT2D eigenvalue weighted by atomic mass is 79.9. The monoisotopic (exact) mass is 352 g/mol. The normalized spacial score (nSPS) is 12.3. The van der Waals surface area contributed by atoms with Gasteiger partial charge in [0.05, 0.1) is 0 Å². The zero-order chi connectivity index (χ0) is 14.4. The van der Waals surface area contributed by atoms with Crippen LogP contribution in [0.5, 0.6) is 0 Å². The van der Waals surface area contributed by atoms with E-state index in [0.29, 0.717) is 5.82 Å². The van der Waals surface area contributed by atoms with E-state index in [1.165, 1.54) is 4.90 Å². The zero-order valence-corrected chi connectivity index (χ0v) is 13.3. The van der Waals surface area contributed by atoms with E-state index >= 15 is 0 Å². The van der Waals surface area contributed by atoms with Crippen LogP contribution in [-0.2, 0) is 6.42 Å². The summed E-state index contributed by atoms with van der Waals surface area (Å²) in [4.78, 5) is 5.20. The summed E-state index contributed by atoms with van der Waals surface area (Å²) >= 11 is 5.31. The second-order valence-corrected chi connectivity index (χ2v) is 6.31. The summed E-state index contributed by atoms with van der Waals surface area (Å²) in [5.74, 6) is 7.05. The van der Waals surface area contributed by atoms with Gasteiger partial charge in [0.2, 0.25) is 0 Å². The van der Waals surface area contributed by atoms with Crippen molar-refractivity contribution >= 4 is 33.5 Å². The van der Waals surface area contributed by atoms with E-state index in [0.717, 1.165) is 22.2 Å². The van der Waals surface area contributed by atoms with Crippen LogP contribution in [0.15, 0.2) is 52.0 Å². The predicted molar refractivity (Wildman–Crippen MR) is 88.3 cm³/mol. The molecule has 1 aromatic heterocycles. The van der Waals surface area contributed by atoms with Gasteiger partial charge in [0, 0.05) is 27.4 Å². The van der Waals surface area contributed by atoms with Gasteiger partial charge in [-0.05, 0) is 52.2 Å². The quantitative estimate of drug-likeness (QED) is 0.423. The number of benzene rings is 1. The number of nitrogens with zero attached hydrogens (tertiary/aromatic N) is 1. The first-order chi connectivity index (χ1) is 9.69. The molecule has 0 fully saturated rings. The minimum atomic E-state index is 0.175. The van der Waals surface area contributed by atoms with Crippen LogP contribution in [0.25, 0.3) is 0 Å². The lowest BCUT2D eigenvalue weighted by Crippen LogP contribution is -2.38.